The molecule has 0 fully saturated rings. The van der Waals surface area contributed by atoms with Gasteiger partial charge >= 0.3 is 0 Å². The largest absolute Gasteiger partial charge is 0.462 e. The standard InChI is InChI=1S/C31H24N2O3/c1-30(2)27-10-6-7-11-28(27)32-21-24-20-23(13-12-22-14-17-26(18-15-22)33(34)35)16-19-29(24)36-31(30,32)25-8-4-3-5-9-25/h3-11,14-20H,21H2,1-2H3. The Kier molecular flexibility index (Phi) is 4.87. The van der Waals surface area contributed by atoms with Gasteiger partial charge in [0, 0.05) is 40.1 Å². The molecule has 4 aromatic rings. The zero-order chi connectivity index (χ0) is 24.9. The SMILES string of the molecule is CC1(C)c2ccccc2N2Cc3cc(C#Cc4ccc([N+](=O)[O-])cc4)ccc3OC21c1ccccc1. The van der Waals surface area contributed by atoms with Crippen LogP contribution in [0.3, 0.4) is 0 Å². The van der Waals surface area contributed by atoms with Crippen LogP contribution >= 0.6 is 0 Å². The molecule has 4 aromatic carbocycles. The summed E-state index contributed by atoms with van der Waals surface area (Å²) < 4.78 is 6.99. The summed E-state index contributed by atoms with van der Waals surface area (Å²) in [6.45, 7) is 5.21. The van der Waals surface area contributed by atoms with Crippen LogP contribution < -0.4 is 9.64 Å². The van der Waals surface area contributed by atoms with Gasteiger partial charge < -0.3 is 9.64 Å². The summed E-state index contributed by atoms with van der Waals surface area (Å²) in [5.74, 6) is 7.18. The Morgan fingerprint density at radius 2 is 1.53 bits per heavy atom. The summed E-state index contributed by atoms with van der Waals surface area (Å²) in [5.41, 5.74) is 5.33. The molecule has 36 heavy (non-hydrogen) atoms. The predicted molar refractivity (Wildman–Crippen MR) is 140 cm³/mol. The second-order valence-electron chi connectivity index (χ2n) is 9.72. The lowest BCUT2D eigenvalue weighted by molar-refractivity contribution is -0.384. The second kappa shape index (κ2) is 8.00. The number of anilines is 1. The number of non-ortho nitro benzene ring substituents is 1. The van der Waals surface area contributed by atoms with E-state index in [4.69, 9.17) is 4.74 Å². The van der Waals surface area contributed by atoms with Crippen molar-refractivity contribution < 1.29 is 9.66 Å². The second-order valence-corrected chi connectivity index (χ2v) is 9.72. The lowest BCUT2D eigenvalue weighted by Gasteiger charge is -2.50. The van der Waals surface area contributed by atoms with Gasteiger partial charge in [0.05, 0.1) is 16.9 Å². The van der Waals surface area contributed by atoms with Crippen molar-refractivity contribution >= 4 is 11.4 Å². The normalized spacial score (nSPS) is 18.7. The molecule has 0 bridgehead atoms. The Morgan fingerprint density at radius 3 is 2.28 bits per heavy atom. The molecule has 0 saturated heterocycles. The van der Waals surface area contributed by atoms with Crippen molar-refractivity contribution in [2.45, 2.75) is 31.5 Å². The van der Waals surface area contributed by atoms with E-state index in [1.54, 1.807) is 12.1 Å². The smallest absolute Gasteiger partial charge is 0.269 e. The maximum Gasteiger partial charge on any atom is 0.269 e. The van der Waals surface area contributed by atoms with Crippen molar-refractivity contribution in [2.75, 3.05) is 4.90 Å². The quantitative estimate of drug-likeness (QED) is 0.189. The van der Waals surface area contributed by atoms with Crippen LogP contribution in [0.1, 0.15) is 41.7 Å². The third-order valence-electron chi connectivity index (χ3n) is 7.34. The van der Waals surface area contributed by atoms with Gasteiger partial charge in [0.15, 0.2) is 0 Å². The van der Waals surface area contributed by atoms with Gasteiger partial charge in [-0.15, -0.1) is 0 Å². The molecule has 2 heterocycles. The van der Waals surface area contributed by atoms with E-state index in [2.05, 4.69) is 85.2 Å². The van der Waals surface area contributed by atoms with Crippen LogP contribution in [0.2, 0.25) is 0 Å². The Morgan fingerprint density at radius 1 is 0.861 bits per heavy atom. The van der Waals surface area contributed by atoms with Crippen molar-refractivity contribution in [3.8, 4) is 17.6 Å². The number of ether oxygens (including phenoxy) is 1. The topological polar surface area (TPSA) is 55.6 Å². The van der Waals surface area contributed by atoms with Gasteiger partial charge in [0.25, 0.3) is 5.69 Å². The van der Waals surface area contributed by atoms with E-state index in [0.717, 1.165) is 28.0 Å². The van der Waals surface area contributed by atoms with E-state index in [0.29, 0.717) is 6.54 Å². The number of rotatable bonds is 2. The third kappa shape index (κ3) is 3.19. The van der Waals surface area contributed by atoms with E-state index in [-0.39, 0.29) is 11.1 Å². The lowest BCUT2D eigenvalue weighted by atomic mass is 9.73. The summed E-state index contributed by atoms with van der Waals surface area (Å²) >= 11 is 0. The molecule has 176 valence electrons. The van der Waals surface area contributed by atoms with Crippen LogP contribution in [0.4, 0.5) is 11.4 Å². The van der Waals surface area contributed by atoms with E-state index < -0.39 is 10.6 Å². The fourth-order valence-corrected chi connectivity index (χ4v) is 5.57. The number of nitrogens with zero attached hydrogens (tertiary/aromatic N) is 2. The van der Waals surface area contributed by atoms with Crippen LogP contribution in [0, 0.1) is 22.0 Å². The number of hydrogen-bond acceptors (Lipinski definition) is 4. The summed E-state index contributed by atoms with van der Waals surface area (Å²) in [6, 6.07) is 31.4. The highest BCUT2D eigenvalue weighted by Gasteiger charge is 2.61. The molecule has 6 rings (SSSR count). The highest BCUT2D eigenvalue weighted by molar-refractivity contribution is 5.69. The van der Waals surface area contributed by atoms with Crippen molar-refractivity contribution in [2.24, 2.45) is 0 Å². The highest BCUT2D eigenvalue weighted by atomic mass is 16.6. The lowest BCUT2D eigenvalue weighted by Crippen LogP contribution is -2.58. The molecule has 0 aromatic heterocycles. The van der Waals surface area contributed by atoms with Gasteiger partial charge in [-0.1, -0.05) is 60.4 Å². The first-order chi connectivity index (χ1) is 17.4. The number of nitro groups is 1. The first-order valence-corrected chi connectivity index (χ1v) is 11.9. The molecule has 0 radical (unpaired) electrons. The Hall–Kier alpha value is -4.56. The molecule has 2 aliphatic rings. The average Bonchev–Trinajstić information content (AvgIpc) is 3.10. The fourth-order valence-electron chi connectivity index (χ4n) is 5.57. The first kappa shape index (κ1) is 21.9. The number of nitro benzene ring substituents is 1. The monoisotopic (exact) mass is 472 g/mol. The Labute approximate surface area is 210 Å². The summed E-state index contributed by atoms with van der Waals surface area (Å²) in [5, 5.41) is 10.9. The van der Waals surface area contributed by atoms with Gasteiger partial charge in [0.1, 0.15) is 5.75 Å². The number of para-hydroxylation sites is 1. The van der Waals surface area contributed by atoms with Crippen LogP contribution in [-0.4, -0.2) is 4.92 Å². The fraction of sp³-hybridized carbons (Fsp3) is 0.161. The first-order valence-electron chi connectivity index (χ1n) is 11.9. The maximum atomic E-state index is 10.9. The molecule has 2 aliphatic heterocycles. The van der Waals surface area contributed by atoms with Crippen molar-refractivity contribution in [3.05, 3.63) is 135 Å². The Bertz CT molecular complexity index is 1550. The number of hydrogen-bond donors (Lipinski definition) is 0. The molecule has 0 N–H and O–H groups in total. The minimum absolute atomic E-state index is 0.0576. The van der Waals surface area contributed by atoms with Gasteiger partial charge in [-0.05, 0) is 55.8 Å². The van der Waals surface area contributed by atoms with Crippen molar-refractivity contribution in [3.63, 3.8) is 0 Å². The van der Waals surface area contributed by atoms with Gasteiger partial charge in [-0.25, -0.2) is 0 Å². The predicted octanol–water partition coefficient (Wildman–Crippen LogP) is 6.54. The molecule has 5 heteroatoms. The van der Waals surface area contributed by atoms with Crippen molar-refractivity contribution in [1.29, 1.82) is 0 Å². The molecule has 5 nitrogen and oxygen atoms in total. The zero-order valence-corrected chi connectivity index (χ0v) is 20.1. The number of fused-ring (bicyclic) bond motifs is 4. The van der Waals surface area contributed by atoms with Gasteiger partial charge in [-0.2, -0.15) is 0 Å². The molecular weight excluding hydrogens is 448 g/mol. The number of benzene rings is 4. The van der Waals surface area contributed by atoms with Crippen LogP contribution in [0.5, 0.6) is 5.75 Å². The molecular formula is C31H24N2O3. The summed E-state index contributed by atoms with van der Waals surface area (Å²) in [6.07, 6.45) is 0. The van der Waals surface area contributed by atoms with E-state index in [1.807, 2.05) is 18.2 Å². The van der Waals surface area contributed by atoms with E-state index in [1.165, 1.54) is 23.4 Å². The molecule has 0 amide bonds. The Balaban J connectivity index is 1.41. The summed E-state index contributed by atoms with van der Waals surface area (Å²) in [4.78, 5) is 12.9. The minimum atomic E-state index is -0.670. The van der Waals surface area contributed by atoms with Crippen LogP contribution in [0.25, 0.3) is 0 Å². The van der Waals surface area contributed by atoms with E-state index in [9.17, 15) is 10.1 Å². The van der Waals surface area contributed by atoms with Crippen molar-refractivity contribution in [1.82, 2.24) is 0 Å². The average molecular weight is 473 g/mol. The molecule has 1 atom stereocenters. The molecule has 0 aliphatic carbocycles. The molecule has 0 spiro atoms. The maximum absolute atomic E-state index is 10.9. The minimum Gasteiger partial charge on any atom is -0.462 e. The van der Waals surface area contributed by atoms with Crippen LogP contribution in [0.15, 0.2) is 97.1 Å². The third-order valence-corrected chi connectivity index (χ3v) is 7.34. The zero-order valence-electron chi connectivity index (χ0n) is 20.1. The van der Waals surface area contributed by atoms with E-state index >= 15 is 0 Å². The van der Waals surface area contributed by atoms with Crippen LogP contribution in [-0.2, 0) is 17.7 Å². The summed E-state index contributed by atoms with van der Waals surface area (Å²) in [7, 11) is 0. The highest BCUT2D eigenvalue weighted by Crippen LogP contribution is 2.59. The molecule has 1 unspecified atom stereocenters. The molecule has 0 saturated carbocycles. The van der Waals surface area contributed by atoms with Gasteiger partial charge in [-0.3, -0.25) is 10.1 Å². The van der Waals surface area contributed by atoms with Gasteiger partial charge in [0.2, 0.25) is 5.72 Å².